The Morgan fingerprint density at radius 3 is 1.36 bits per heavy atom. The molecule has 0 aliphatic heterocycles. The Morgan fingerprint density at radius 2 is 0.804 bits per heavy atom. The van der Waals surface area contributed by atoms with E-state index >= 15 is 0 Å². The normalized spacial score (nSPS) is 14.4. The summed E-state index contributed by atoms with van der Waals surface area (Å²) in [5.74, 6) is 0. The third-order valence-corrected chi connectivity index (χ3v) is 12.7. The molecule has 0 unspecified atom stereocenters. The SMILES string of the molecule is CC1(C)c2ccccc2-c2c(-c3ccc(N(c4ccc(-c5cccc6c5-c5ccccc5C6(C)C)cc4)c4cccc5c4oc4ccccc45)cc3)cccc21. The highest BCUT2D eigenvalue weighted by Crippen LogP contribution is 2.54. The lowest BCUT2D eigenvalue weighted by Gasteiger charge is -2.26. The average molecular weight is 720 g/mol. The van der Waals surface area contributed by atoms with Crippen molar-refractivity contribution in [2.75, 3.05) is 4.90 Å². The zero-order chi connectivity index (χ0) is 37.8. The second-order valence-electron chi connectivity index (χ2n) is 16.5. The maximum atomic E-state index is 6.66. The molecule has 0 atom stereocenters. The number of rotatable bonds is 5. The first-order chi connectivity index (χ1) is 27.3. The van der Waals surface area contributed by atoms with Crippen LogP contribution in [0.4, 0.5) is 17.1 Å². The van der Waals surface area contributed by atoms with E-state index in [0.717, 1.165) is 39.0 Å². The van der Waals surface area contributed by atoms with Crippen LogP contribution in [0, 0.1) is 0 Å². The predicted octanol–water partition coefficient (Wildman–Crippen LogP) is 15.0. The van der Waals surface area contributed by atoms with E-state index < -0.39 is 0 Å². The number of benzene rings is 8. The van der Waals surface area contributed by atoms with Gasteiger partial charge in [0.15, 0.2) is 5.58 Å². The topological polar surface area (TPSA) is 16.4 Å². The molecule has 2 aliphatic rings. The van der Waals surface area contributed by atoms with Gasteiger partial charge in [0.1, 0.15) is 5.58 Å². The quantitative estimate of drug-likeness (QED) is 0.176. The molecule has 2 aliphatic carbocycles. The van der Waals surface area contributed by atoms with Crippen molar-refractivity contribution in [3.63, 3.8) is 0 Å². The lowest BCUT2D eigenvalue weighted by molar-refractivity contribution is 0.660. The van der Waals surface area contributed by atoms with Crippen molar-refractivity contribution >= 4 is 39.0 Å². The van der Waals surface area contributed by atoms with Crippen LogP contribution in [0.1, 0.15) is 49.9 Å². The van der Waals surface area contributed by atoms with Crippen LogP contribution in [0.25, 0.3) is 66.4 Å². The van der Waals surface area contributed by atoms with Crippen LogP contribution in [0.2, 0.25) is 0 Å². The Labute approximate surface area is 328 Å². The molecule has 1 heterocycles. The summed E-state index contributed by atoms with van der Waals surface area (Å²) >= 11 is 0. The first kappa shape index (κ1) is 32.8. The van der Waals surface area contributed by atoms with Crippen molar-refractivity contribution in [3.05, 3.63) is 198 Å². The minimum absolute atomic E-state index is 0.0461. The van der Waals surface area contributed by atoms with Crippen LogP contribution in [0.3, 0.4) is 0 Å². The fraction of sp³-hybridized carbons (Fsp3) is 0.111. The van der Waals surface area contributed by atoms with Crippen LogP contribution in [0.5, 0.6) is 0 Å². The molecule has 56 heavy (non-hydrogen) atoms. The molecular formula is C54H41NO. The Kier molecular flexibility index (Phi) is 6.98. The molecule has 1 aromatic heterocycles. The fourth-order valence-corrected chi connectivity index (χ4v) is 9.91. The monoisotopic (exact) mass is 719 g/mol. The van der Waals surface area contributed by atoms with Gasteiger partial charge in [0, 0.05) is 33.0 Å². The molecule has 8 aromatic carbocycles. The van der Waals surface area contributed by atoms with Gasteiger partial charge in [0.2, 0.25) is 0 Å². The molecule has 268 valence electrons. The van der Waals surface area contributed by atoms with Gasteiger partial charge in [-0.15, -0.1) is 0 Å². The van der Waals surface area contributed by atoms with Gasteiger partial charge in [-0.25, -0.2) is 0 Å². The minimum atomic E-state index is -0.0461. The first-order valence-corrected chi connectivity index (χ1v) is 19.7. The van der Waals surface area contributed by atoms with Crippen molar-refractivity contribution in [1.82, 2.24) is 0 Å². The molecule has 0 amide bonds. The van der Waals surface area contributed by atoms with Gasteiger partial charge < -0.3 is 9.32 Å². The highest BCUT2D eigenvalue weighted by Gasteiger charge is 2.38. The average Bonchev–Trinajstić information content (AvgIpc) is 3.82. The number of anilines is 3. The first-order valence-electron chi connectivity index (χ1n) is 19.7. The summed E-state index contributed by atoms with van der Waals surface area (Å²) in [5, 5.41) is 2.23. The van der Waals surface area contributed by atoms with Gasteiger partial charge in [0.25, 0.3) is 0 Å². The maximum Gasteiger partial charge on any atom is 0.159 e. The van der Waals surface area contributed by atoms with Crippen molar-refractivity contribution < 1.29 is 4.42 Å². The largest absolute Gasteiger partial charge is 0.454 e. The number of hydrogen-bond donors (Lipinski definition) is 0. The zero-order valence-electron chi connectivity index (χ0n) is 32.1. The lowest BCUT2D eigenvalue weighted by Crippen LogP contribution is -2.14. The lowest BCUT2D eigenvalue weighted by atomic mass is 9.82. The van der Waals surface area contributed by atoms with Crippen LogP contribution >= 0.6 is 0 Å². The molecule has 0 radical (unpaired) electrons. The van der Waals surface area contributed by atoms with Gasteiger partial charge in [0.05, 0.1) is 5.69 Å². The standard InChI is InChI=1S/C54H41NO/c1-53(2)44-20-8-5-15-42(44)50-38(17-11-22-46(50)53)34-26-30-36(31-27-34)55(48-24-13-19-41-40-14-7-10-25-49(40)56-52(41)48)37-32-28-35(29-33-37)39-18-12-23-47-51(39)43-16-6-9-21-45(43)54(47,3)4/h5-33H,1-4H3. The third kappa shape index (κ3) is 4.62. The van der Waals surface area contributed by atoms with Crippen molar-refractivity contribution in [2.24, 2.45) is 0 Å². The minimum Gasteiger partial charge on any atom is -0.454 e. The molecular weight excluding hydrogens is 679 g/mol. The Hall–Kier alpha value is -6.64. The van der Waals surface area contributed by atoms with E-state index in [1.54, 1.807) is 0 Å². The van der Waals surface area contributed by atoms with Crippen molar-refractivity contribution in [3.8, 4) is 44.5 Å². The third-order valence-electron chi connectivity index (χ3n) is 12.7. The zero-order valence-corrected chi connectivity index (χ0v) is 32.1. The van der Waals surface area contributed by atoms with Crippen LogP contribution in [-0.4, -0.2) is 0 Å². The Bertz CT molecular complexity index is 2860. The van der Waals surface area contributed by atoms with Crippen molar-refractivity contribution in [1.29, 1.82) is 0 Å². The second-order valence-corrected chi connectivity index (χ2v) is 16.5. The van der Waals surface area contributed by atoms with E-state index in [1.807, 2.05) is 6.07 Å². The van der Waals surface area contributed by atoms with Gasteiger partial charge in [-0.1, -0.05) is 167 Å². The molecule has 0 N–H and O–H groups in total. The van der Waals surface area contributed by atoms with E-state index in [2.05, 4.69) is 202 Å². The summed E-state index contributed by atoms with van der Waals surface area (Å²) in [6.07, 6.45) is 0. The van der Waals surface area contributed by atoms with Gasteiger partial charge in [-0.05, 0) is 103 Å². The predicted molar refractivity (Wildman–Crippen MR) is 234 cm³/mol. The highest BCUT2D eigenvalue weighted by molar-refractivity contribution is 6.10. The Morgan fingerprint density at radius 1 is 0.375 bits per heavy atom. The van der Waals surface area contributed by atoms with E-state index in [1.165, 1.54) is 66.8 Å². The smallest absolute Gasteiger partial charge is 0.159 e. The molecule has 0 saturated heterocycles. The van der Waals surface area contributed by atoms with Crippen LogP contribution < -0.4 is 4.90 Å². The summed E-state index contributed by atoms with van der Waals surface area (Å²) in [7, 11) is 0. The highest BCUT2D eigenvalue weighted by atomic mass is 16.3. The Balaban J connectivity index is 1.05. The second kappa shape index (κ2) is 11.9. The summed E-state index contributed by atoms with van der Waals surface area (Å²) in [5.41, 5.74) is 20.7. The van der Waals surface area contributed by atoms with E-state index in [0.29, 0.717) is 0 Å². The molecule has 9 aromatic rings. The molecule has 0 saturated carbocycles. The molecule has 0 bridgehead atoms. The van der Waals surface area contributed by atoms with Gasteiger partial charge >= 0.3 is 0 Å². The number of nitrogens with zero attached hydrogens (tertiary/aromatic N) is 1. The number of hydrogen-bond acceptors (Lipinski definition) is 2. The molecule has 2 nitrogen and oxygen atoms in total. The fourth-order valence-electron chi connectivity index (χ4n) is 9.91. The number of fused-ring (bicyclic) bond motifs is 9. The van der Waals surface area contributed by atoms with E-state index in [-0.39, 0.29) is 10.8 Å². The summed E-state index contributed by atoms with van der Waals surface area (Å²) in [6, 6.07) is 64.4. The van der Waals surface area contributed by atoms with E-state index in [9.17, 15) is 0 Å². The maximum absolute atomic E-state index is 6.66. The van der Waals surface area contributed by atoms with E-state index in [4.69, 9.17) is 4.42 Å². The summed E-state index contributed by atoms with van der Waals surface area (Å²) < 4.78 is 6.66. The summed E-state index contributed by atoms with van der Waals surface area (Å²) in [4.78, 5) is 2.35. The molecule has 11 rings (SSSR count). The number of para-hydroxylation sites is 2. The van der Waals surface area contributed by atoms with Gasteiger partial charge in [-0.3, -0.25) is 0 Å². The van der Waals surface area contributed by atoms with Crippen LogP contribution in [-0.2, 0) is 10.8 Å². The van der Waals surface area contributed by atoms with Crippen LogP contribution in [0.15, 0.2) is 180 Å². The molecule has 0 spiro atoms. The molecule has 0 fully saturated rings. The molecule has 2 heteroatoms. The number of furan rings is 1. The summed E-state index contributed by atoms with van der Waals surface area (Å²) in [6.45, 7) is 9.38. The van der Waals surface area contributed by atoms with Gasteiger partial charge in [-0.2, -0.15) is 0 Å². The van der Waals surface area contributed by atoms with Crippen molar-refractivity contribution in [2.45, 2.75) is 38.5 Å².